The van der Waals surface area contributed by atoms with Crippen molar-refractivity contribution in [2.45, 2.75) is 76.7 Å². The average Bonchev–Trinajstić information content (AvgIpc) is 3.49. The van der Waals surface area contributed by atoms with E-state index in [-0.39, 0.29) is 29.4 Å². The van der Waals surface area contributed by atoms with Crippen molar-refractivity contribution in [3.8, 4) is 11.5 Å². The van der Waals surface area contributed by atoms with E-state index >= 15 is 0 Å². The molecule has 0 radical (unpaired) electrons. The first-order valence-corrected chi connectivity index (χ1v) is 16.5. The van der Waals surface area contributed by atoms with Crippen LogP contribution in [0.25, 0.3) is 0 Å². The maximum absolute atomic E-state index is 12.8. The molecule has 1 aliphatic carbocycles. The van der Waals surface area contributed by atoms with Crippen LogP contribution in [-0.2, 0) is 22.5 Å². The molecule has 3 atom stereocenters. The van der Waals surface area contributed by atoms with Crippen LogP contribution in [0.2, 0.25) is 10.2 Å². The standard InChI is InChI=1S/C35H41Cl2N3O4/c1-4-31(25-15-28(36)34(37)38-19-25)43-27-11-9-23(10-12-27)32-13-14-39(2)29-16-24-17-30(35(41)42-3)40(20-22-7-5-6-8-22)21-26(24)18-33(29)44-32/h9-12,15-16,18-19,22,30-32H,4-8,13-14,17,20-21H2,1-3H3/t30-,31+,32+/m0/s1. The van der Waals surface area contributed by atoms with Gasteiger partial charge in [-0.25, -0.2) is 4.98 Å². The molecule has 0 spiro atoms. The summed E-state index contributed by atoms with van der Waals surface area (Å²) in [6.45, 7) is 4.59. The lowest BCUT2D eigenvalue weighted by Gasteiger charge is -2.37. The lowest BCUT2D eigenvalue weighted by Crippen LogP contribution is -2.47. The van der Waals surface area contributed by atoms with Crippen LogP contribution in [0.15, 0.2) is 48.7 Å². The van der Waals surface area contributed by atoms with Gasteiger partial charge in [0, 0.05) is 44.9 Å². The van der Waals surface area contributed by atoms with E-state index in [4.69, 9.17) is 37.4 Å². The largest absolute Gasteiger partial charge is 0.486 e. The summed E-state index contributed by atoms with van der Waals surface area (Å²) in [5.41, 5.74) is 5.51. The van der Waals surface area contributed by atoms with E-state index < -0.39 is 0 Å². The van der Waals surface area contributed by atoms with Gasteiger partial charge in [-0.3, -0.25) is 9.69 Å². The molecule has 0 unspecified atom stereocenters. The summed E-state index contributed by atoms with van der Waals surface area (Å²) in [5, 5.41) is 0.709. The fourth-order valence-corrected chi connectivity index (χ4v) is 7.22. The molecule has 3 heterocycles. The highest BCUT2D eigenvalue weighted by molar-refractivity contribution is 6.41. The van der Waals surface area contributed by atoms with Crippen LogP contribution in [0.5, 0.6) is 11.5 Å². The molecule has 2 aromatic carbocycles. The van der Waals surface area contributed by atoms with Crippen molar-refractivity contribution in [1.82, 2.24) is 9.88 Å². The second-order valence-corrected chi connectivity index (χ2v) is 13.1. The van der Waals surface area contributed by atoms with Gasteiger partial charge in [0.2, 0.25) is 0 Å². The number of pyridine rings is 1. The van der Waals surface area contributed by atoms with Crippen LogP contribution in [0.4, 0.5) is 5.69 Å². The third-order valence-electron chi connectivity index (χ3n) is 9.45. The summed E-state index contributed by atoms with van der Waals surface area (Å²) in [7, 11) is 3.61. The summed E-state index contributed by atoms with van der Waals surface area (Å²) < 4.78 is 18.3. The van der Waals surface area contributed by atoms with Gasteiger partial charge in [0.1, 0.15) is 34.9 Å². The SMILES string of the molecule is CC[C@@H](Oc1ccc([C@H]2CCN(C)c3cc4c(cc3O2)CN(CC2CCCC2)[C@H](C(=O)OC)C4)cc1)c1cnc(Cl)c(Cl)c1. The Labute approximate surface area is 270 Å². The highest BCUT2D eigenvalue weighted by Gasteiger charge is 2.35. The summed E-state index contributed by atoms with van der Waals surface area (Å²) in [4.78, 5) is 21.6. The molecule has 3 aromatic rings. The lowest BCUT2D eigenvalue weighted by atomic mass is 9.91. The zero-order valence-corrected chi connectivity index (χ0v) is 27.2. The number of hydrogen-bond acceptors (Lipinski definition) is 7. The molecule has 7 nitrogen and oxygen atoms in total. The molecule has 3 aliphatic rings. The van der Waals surface area contributed by atoms with E-state index in [9.17, 15) is 4.79 Å². The highest BCUT2D eigenvalue weighted by atomic mass is 35.5. The Hall–Kier alpha value is -3.00. The van der Waals surface area contributed by atoms with E-state index in [1.165, 1.54) is 43.9 Å². The minimum Gasteiger partial charge on any atom is -0.486 e. The van der Waals surface area contributed by atoms with E-state index in [2.05, 4.69) is 53.0 Å². The van der Waals surface area contributed by atoms with Crippen LogP contribution >= 0.6 is 23.2 Å². The number of carbonyl (C=O) groups excluding carboxylic acids is 1. The van der Waals surface area contributed by atoms with E-state index in [0.717, 1.165) is 60.8 Å². The number of fused-ring (bicyclic) bond motifs is 2. The predicted molar refractivity (Wildman–Crippen MR) is 174 cm³/mol. The summed E-state index contributed by atoms with van der Waals surface area (Å²) in [6, 6.07) is 14.2. The average molecular weight is 639 g/mol. The number of carbonyl (C=O) groups is 1. The van der Waals surface area contributed by atoms with Crippen LogP contribution < -0.4 is 14.4 Å². The molecular formula is C35H41Cl2N3O4. The Morgan fingerprint density at radius 1 is 1.09 bits per heavy atom. The second kappa shape index (κ2) is 13.6. The van der Waals surface area contributed by atoms with Gasteiger partial charge in [-0.2, -0.15) is 0 Å². The normalized spacial score (nSPS) is 21.2. The molecule has 0 N–H and O–H groups in total. The van der Waals surface area contributed by atoms with Crippen molar-refractivity contribution in [3.63, 3.8) is 0 Å². The first-order valence-electron chi connectivity index (χ1n) is 15.8. The van der Waals surface area contributed by atoms with Gasteiger partial charge < -0.3 is 19.1 Å². The smallest absolute Gasteiger partial charge is 0.323 e. The molecule has 0 amide bonds. The molecule has 1 aromatic heterocycles. The number of esters is 1. The molecule has 2 aliphatic heterocycles. The highest BCUT2D eigenvalue weighted by Crippen LogP contribution is 2.41. The molecule has 0 bridgehead atoms. The number of ether oxygens (including phenoxy) is 3. The van der Waals surface area contributed by atoms with Gasteiger partial charge in [-0.1, -0.05) is 55.1 Å². The number of nitrogens with zero attached hydrogens (tertiary/aromatic N) is 3. The zero-order valence-electron chi connectivity index (χ0n) is 25.7. The third-order valence-corrected chi connectivity index (χ3v) is 10.1. The minimum absolute atomic E-state index is 0.0898. The number of hydrogen-bond donors (Lipinski definition) is 0. The van der Waals surface area contributed by atoms with E-state index in [0.29, 0.717) is 17.4 Å². The molecule has 1 saturated carbocycles. The van der Waals surface area contributed by atoms with Crippen molar-refractivity contribution >= 4 is 34.9 Å². The number of rotatable bonds is 8. The fraction of sp³-hybridized carbons (Fsp3) is 0.486. The molecule has 0 saturated heterocycles. The van der Waals surface area contributed by atoms with Crippen LogP contribution in [0, 0.1) is 5.92 Å². The van der Waals surface area contributed by atoms with E-state index in [1.807, 2.05) is 18.2 Å². The fourth-order valence-electron chi connectivity index (χ4n) is 6.94. The first kappa shape index (κ1) is 31.0. The number of halogens is 2. The van der Waals surface area contributed by atoms with Gasteiger partial charge in [0.15, 0.2) is 0 Å². The molecular weight excluding hydrogens is 597 g/mol. The predicted octanol–water partition coefficient (Wildman–Crippen LogP) is 7.97. The summed E-state index contributed by atoms with van der Waals surface area (Å²) in [5.74, 6) is 2.18. The van der Waals surface area contributed by atoms with Gasteiger partial charge in [0.25, 0.3) is 0 Å². The minimum atomic E-state index is -0.239. The topological polar surface area (TPSA) is 64.1 Å². The van der Waals surface area contributed by atoms with Crippen molar-refractivity contribution in [1.29, 1.82) is 0 Å². The van der Waals surface area contributed by atoms with Crippen LogP contribution in [-0.4, -0.2) is 49.1 Å². The van der Waals surface area contributed by atoms with Gasteiger partial charge in [-0.15, -0.1) is 0 Å². The number of aromatic nitrogens is 1. The summed E-state index contributed by atoms with van der Waals surface area (Å²) in [6.07, 6.45) is 8.77. The molecule has 6 rings (SSSR count). The van der Waals surface area contributed by atoms with Crippen LogP contribution in [0.3, 0.4) is 0 Å². The number of anilines is 1. The van der Waals surface area contributed by atoms with Crippen molar-refractivity contribution < 1.29 is 19.0 Å². The lowest BCUT2D eigenvalue weighted by molar-refractivity contribution is -0.148. The molecule has 44 heavy (non-hydrogen) atoms. The molecule has 1 fully saturated rings. The van der Waals surface area contributed by atoms with Gasteiger partial charge in [0.05, 0.1) is 17.8 Å². The quantitative estimate of drug-likeness (QED) is 0.183. The Morgan fingerprint density at radius 2 is 1.86 bits per heavy atom. The monoisotopic (exact) mass is 637 g/mol. The maximum atomic E-state index is 12.8. The Bertz CT molecular complexity index is 1480. The second-order valence-electron chi connectivity index (χ2n) is 12.4. The summed E-state index contributed by atoms with van der Waals surface area (Å²) >= 11 is 12.2. The maximum Gasteiger partial charge on any atom is 0.323 e. The Morgan fingerprint density at radius 3 is 2.57 bits per heavy atom. The first-order chi connectivity index (χ1) is 21.3. The van der Waals surface area contributed by atoms with Crippen LogP contribution in [0.1, 0.15) is 79.9 Å². The Balaban J connectivity index is 1.20. The Kier molecular flexibility index (Phi) is 9.55. The van der Waals surface area contributed by atoms with Crippen molar-refractivity contribution in [2.75, 3.05) is 32.1 Å². The molecule has 9 heteroatoms. The zero-order chi connectivity index (χ0) is 30.8. The van der Waals surface area contributed by atoms with Gasteiger partial charge in [-0.05, 0) is 78.6 Å². The van der Waals surface area contributed by atoms with Gasteiger partial charge >= 0.3 is 5.97 Å². The molecule has 234 valence electrons. The number of benzene rings is 2. The number of methoxy groups -OCH3 is 1. The van der Waals surface area contributed by atoms with Crippen molar-refractivity contribution in [2.24, 2.45) is 5.92 Å². The third kappa shape index (κ3) is 6.65. The van der Waals surface area contributed by atoms with E-state index in [1.54, 1.807) is 6.20 Å². The van der Waals surface area contributed by atoms with Crippen molar-refractivity contribution in [3.05, 3.63) is 81.1 Å².